The average molecular weight is 383 g/mol. The van der Waals surface area contributed by atoms with E-state index in [1.807, 2.05) is 42.5 Å². The summed E-state index contributed by atoms with van der Waals surface area (Å²) in [5, 5.41) is 6.06. The molecule has 120 valence electrons. The number of nitrogens with one attached hydrogen (secondary N) is 2. The van der Waals surface area contributed by atoms with Gasteiger partial charge in [-0.05, 0) is 48.0 Å². The van der Waals surface area contributed by atoms with Gasteiger partial charge in [-0.25, -0.2) is 4.98 Å². The Labute approximate surface area is 148 Å². The van der Waals surface area contributed by atoms with E-state index in [2.05, 4.69) is 36.5 Å². The molecule has 2 aromatic heterocycles. The normalized spacial score (nSPS) is 10.2. The van der Waals surface area contributed by atoms with Crippen LogP contribution in [0.3, 0.4) is 0 Å². The third kappa shape index (κ3) is 4.39. The van der Waals surface area contributed by atoms with Gasteiger partial charge in [0.25, 0.3) is 5.91 Å². The first-order chi connectivity index (χ1) is 11.7. The SMILES string of the molecule is O=C(Nc1ccc(Br)cc1)c1ccc(NCc2cccnc2)cn1. The van der Waals surface area contributed by atoms with Crippen LogP contribution < -0.4 is 10.6 Å². The van der Waals surface area contributed by atoms with Gasteiger partial charge in [0.1, 0.15) is 5.69 Å². The Kier molecular flexibility index (Phi) is 5.18. The molecule has 0 aliphatic rings. The second-order valence-corrected chi connectivity index (χ2v) is 6.02. The molecule has 5 nitrogen and oxygen atoms in total. The Balaban J connectivity index is 1.59. The Morgan fingerprint density at radius 2 is 1.79 bits per heavy atom. The summed E-state index contributed by atoms with van der Waals surface area (Å²) >= 11 is 3.36. The molecule has 24 heavy (non-hydrogen) atoms. The van der Waals surface area contributed by atoms with Gasteiger partial charge in [0.2, 0.25) is 0 Å². The van der Waals surface area contributed by atoms with Gasteiger partial charge in [-0.2, -0.15) is 0 Å². The number of amides is 1. The predicted octanol–water partition coefficient (Wildman–Crippen LogP) is 4.10. The van der Waals surface area contributed by atoms with Crippen LogP contribution in [0.15, 0.2) is 71.6 Å². The van der Waals surface area contributed by atoms with Gasteiger partial charge >= 0.3 is 0 Å². The molecule has 6 heteroatoms. The van der Waals surface area contributed by atoms with Crippen molar-refractivity contribution in [3.8, 4) is 0 Å². The van der Waals surface area contributed by atoms with Crippen molar-refractivity contribution in [1.82, 2.24) is 9.97 Å². The van der Waals surface area contributed by atoms with Crippen molar-refractivity contribution in [2.75, 3.05) is 10.6 Å². The lowest BCUT2D eigenvalue weighted by atomic mass is 10.2. The molecule has 2 N–H and O–H groups in total. The smallest absolute Gasteiger partial charge is 0.274 e. The monoisotopic (exact) mass is 382 g/mol. The van der Waals surface area contributed by atoms with E-state index in [0.717, 1.165) is 21.4 Å². The number of pyridine rings is 2. The van der Waals surface area contributed by atoms with E-state index < -0.39 is 0 Å². The zero-order valence-electron chi connectivity index (χ0n) is 12.7. The summed E-state index contributed by atoms with van der Waals surface area (Å²) in [4.78, 5) is 20.4. The summed E-state index contributed by atoms with van der Waals surface area (Å²) < 4.78 is 0.961. The van der Waals surface area contributed by atoms with Crippen LogP contribution in [0.4, 0.5) is 11.4 Å². The Hall–Kier alpha value is -2.73. The number of anilines is 2. The highest BCUT2D eigenvalue weighted by atomic mass is 79.9. The van der Waals surface area contributed by atoms with Gasteiger partial charge in [-0.1, -0.05) is 22.0 Å². The summed E-state index contributed by atoms with van der Waals surface area (Å²) in [5.41, 5.74) is 3.02. The first kappa shape index (κ1) is 16.1. The van der Waals surface area contributed by atoms with Crippen molar-refractivity contribution in [2.24, 2.45) is 0 Å². The van der Waals surface area contributed by atoms with E-state index in [4.69, 9.17) is 0 Å². The predicted molar refractivity (Wildman–Crippen MR) is 97.9 cm³/mol. The molecule has 0 fully saturated rings. The summed E-state index contributed by atoms with van der Waals surface area (Å²) in [6.07, 6.45) is 5.19. The third-order valence-electron chi connectivity index (χ3n) is 3.32. The van der Waals surface area contributed by atoms with E-state index in [0.29, 0.717) is 12.2 Å². The van der Waals surface area contributed by atoms with E-state index in [-0.39, 0.29) is 5.91 Å². The second-order valence-electron chi connectivity index (χ2n) is 5.11. The third-order valence-corrected chi connectivity index (χ3v) is 3.85. The Morgan fingerprint density at radius 3 is 2.46 bits per heavy atom. The van der Waals surface area contributed by atoms with Crippen molar-refractivity contribution in [1.29, 1.82) is 0 Å². The lowest BCUT2D eigenvalue weighted by Crippen LogP contribution is -2.13. The molecule has 0 radical (unpaired) electrons. The van der Waals surface area contributed by atoms with Crippen molar-refractivity contribution < 1.29 is 4.79 Å². The van der Waals surface area contributed by atoms with Crippen molar-refractivity contribution in [3.63, 3.8) is 0 Å². The lowest BCUT2D eigenvalue weighted by molar-refractivity contribution is 0.102. The molecule has 1 amide bonds. The Bertz CT molecular complexity index is 805. The summed E-state index contributed by atoms with van der Waals surface area (Å²) in [6.45, 7) is 0.653. The molecular formula is C18H15BrN4O. The maximum absolute atomic E-state index is 12.2. The fourth-order valence-electron chi connectivity index (χ4n) is 2.07. The second kappa shape index (κ2) is 7.70. The molecular weight excluding hydrogens is 368 g/mol. The molecule has 2 heterocycles. The van der Waals surface area contributed by atoms with Crippen LogP contribution in [0.25, 0.3) is 0 Å². The van der Waals surface area contributed by atoms with Crippen LogP contribution in [0.5, 0.6) is 0 Å². The zero-order chi connectivity index (χ0) is 16.8. The molecule has 0 saturated heterocycles. The maximum atomic E-state index is 12.2. The molecule has 3 rings (SSSR count). The van der Waals surface area contributed by atoms with Crippen molar-refractivity contribution in [2.45, 2.75) is 6.54 Å². The number of aromatic nitrogens is 2. The van der Waals surface area contributed by atoms with Gasteiger partial charge in [0.05, 0.1) is 11.9 Å². The zero-order valence-corrected chi connectivity index (χ0v) is 14.3. The number of benzene rings is 1. The highest BCUT2D eigenvalue weighted by Gasteiger charge is 2.07. The minimum absolute atomic E-state index is 0.240. The molecule has 0 aliphatic heterocycles. The van der Waals surface area contributed by atoms with Crippen LogP contribution >= 0.6 is 15.9 Å². The number of nitrogens with zero attached hydrogens (tertiary/aromatic N) is 2. The summed E-state index contributed by atoms with van der Waals surface area (Å²) in [5.74, 6) is -0.240. The molecule has 1 aromatic carbocycles. The van der Waals surface area contributed by atoms with E-state index in [1.54, 1.807) is 24.7 Å². The Morgan fingerprint density at radius 1 is 1.00 bits per heavy atom. The topological polar surface area (TPSA) is 66.9 Å². The molecule has 0 bridgehead atoms. The first-order valence-corrected chi connectivity index (χ1v) is 8.16. The first-order valence-electron chi connectivity index (χ1n) is 7.36. The summed E-state index contributed by atoms with van der Waals surface area (Å²) in [6, 6.07) is 14.8. The van der Waals surface area contributed by atoms with Crippen LogP contribution in [0, 0.1) is 0 Å². The van der Waals surface area contributed by atoms with Gasteiger partial charge in [-0.15, -0.1) is 0 Å². The van der Waals surface area contributed by atoms with Crippen LogP contribution in [-0.4, -0.2) is 15.9 Å². The number of carbonyl (C=O) groups excluding carboxylic acids is 1. The maximum Gasteiger partial charge on any atom is 0.274 e. The van der Waals surface area contributed by atoms with Crippen LogP contribution in [0.2, 0.25) is 0 Å². The van der Waals surface area contributed by atoms with E-state index >= 15 is 0 Å². The highest BCUT2D eigenvalue weighted by Crippen LogP contribution is 2.15. The van der Waals surface area contributed by atoms with Crippen LogP contribution in [-0.2, 0) is 6.54 Å². The summed E-state index contributed by atoms with van der Waals surface area (Å²) in [7, 11) is 0. The van der Waals surface area contributed by atoms with Gasteiger partial charge < -0.3 is 10.6 Å². The molecule has 0 atom stereocenters. The number of hydrogen-bond acceptors (Lipinski definition) is 4. The number of rotatable bonds is 5. The average Bonchev–Trinajstić information content (AvgIpc) is 2.63. The molecule has 3 aromatic rings. The van der Waals surface area contributed by atoms with E-state index in [1.165, 1.54) is 0 Å². The number of carbonyl (C=O) groups is 1. The molecule has 0 spiro atoms. The van der Waals surface area contributed by atoms with Gasteiger partial charge in [0.15, 0.2) is 0 Å². The lowest BCUT2D eigenvalue weighted by Gasteiger charge is -2.08. The minimum atomic E-state index is -0.240. The number of hydrogen-bond donors (Lipinski definition) is 2. The highest BCUT2D eigenvalue weighted by molar-refractivity contribution is 9.10. The molecule has 0 unspecified atom stereocenters. The van der Waals surface area contributed by atoms with Crippen LogP contribution in [0.1, 0.15) is 16.1 Å². The van der Waals surface area contributed by atoms with Gasteiger partial charge in [-0.3, -0.25) is 9.78 Å². The van der Waals surface area contributed by atoms with Crippen molar-refractivity contribution >= 4 is 33.2 Å². The van der Waals surface area contributed by atoms with Crippen molar-refractivity contribution in [3.05, 3.63) is 82.9 Å². The standard InChI is InChI=1S/C18H15BrN4O/c19-14-3-5-15(6-4-14)23-18(24)17-8-7-16(12-22-17)21-11-13-2-1-9-20-10-13/h1-10,12,21H,11H2,(H,23,24). The largest absolute Gasteiger partial charge is 0.380 e. The quantitative estimate of drug-likeness (QED) is 0.696. The van der Waals surface area contributed by atoms with Gasteiger partial charge in [0, 0.05) is 29.1 Å². The molecule has 0 aliphatic carbocycles. The fourth-order valence-corrected chi connectivity index (χ4v) is 2.33. The number of halogens is 1. The molecule has 0 saturated carbocycles. The van der Waals surface area contributed by atoms with E-state index in [9.17, 15) is 4.79 Å². The minimum Gasteiger partial charge on any atom is -0.380 e. The fraction of sp³-hybridized carbons (Fsp3) is 0.0556.